The molecule has 2 aromatic carbocycles. The molecule has 3 aliphatic rings. The number of aryl methyl sites for hydroxylation is 1. The van der Waals surface area contributed by atoms with Gasteiger partial charge in [-0.25, -0.2) is 4.98 Å². The fourth-order valence-electron chi connectivity index (χ4n) is 5.76. The van der Waals surface area contributed by atoms with Crippen molar-refractivity contribution in [2.45, 2.75) is 12.8 Å². The molecule has 0 radical (unpaired) electrons. The first-order valence-electron chi connectivity index (χ1n) is 14.8. The van der Waals surface area contributed by atoms with Gasteiger partial charge in [-0.05, 0) is 23.8 Å². The van der Waals surface area contributed by atoms with Gasteiger partial charge in [-0.15, -0.1) is 0 Å². The number of ether oxygens (including phenoxy) is 2. The Morgan fingerprint density at radius 2 is 1.62 bits per heavy atom. The molecule has 7 rings (SSSR count). The SMILES string of the molecule is Cn1nc(CCN2CCOCC2)c2ccc(-c3cc(Nc4ccc(C5=NC=CC5)cc4)nc(N4CCOCC4)n3)cc21. The number of rotatable bonds is 8. The van der Waals surface area contributed by atoms with Crippen molar-refractivity contribution in [2.75, 3.05) is 69.4 Å². The van der Waals surface area contributed by atoms with Gasteiger partial charge in [-0.2, -0.15) is 10.1 Å². The maximum absolute atomic E-state index is 5.59. The Labute approximate surface area is 245 Å². The number of nitrogens with one attached hydrogen (secondary N) is 1. The summed E-state index contributed by atoms with van der Waals surface area (Å²) < 4.78 is 13.1. The standard InChI is InChI=1S/C32H36N8O2/c1-38-30-21-24(6-9-26(30)28(37-38)10-12-39-13-17-41-18-14-39)29-22-31(36-32(35-29)40-15-19-42-20-16-40)34-25-7-4-23(5-8-25)27-3-2-11-33-27/h2,4-9,11,21-22H,3,10,12-20H2,1H3,(H,34,35,36). The van der Waals surface area contributed by atoms with Crippen LogP contribution in [0, 0.1) is 0 Å². The lowest BCUT2D eigenvalue weighted by Gasteiger charge is -2.27. The molecule has 5 heterocycles. The molecule has 0 unspecified atom stereocenters. The predicted octanol–water partition coefficient (Wildman–Crippen LogP) is 4.19. The number of fused-ring (bicyclic) bond motifs is 1. The third-order valence-electron chi connectivity index (χ3n) is 8.14. The molecule has 1 N–H and O–H groups in total. The molecule has 0 atom stereocenters. The largest absolute Gasteiger partial charge is 0.379 e. The van der Waals surface area contributed by atoms with E-state index in [4.69, 9.17) is 24.5 Å². The average molecular weight is 565 g/mol. The number of nitrogens with zero attached hydrogens (tertiary/aromatic N) is 7. The van der Waals surface area contributed by atoms with Gasteiger partial charge in [0.1, 0.15) is 5.82 Å². The highest BCUT2D eigenvalue weighted by Crippen LogP contribution is 2.29. The van der Waals surface area contributed by atoms with Crippen LogP contribution in [0.2, 0.25) is 0 Å². The molecule has 3 aliphatic heterocycles. The number of aliphatic imine (C=N–C) groups is 1. The smallest absolute Gasteiger partial charge is 0.228 e. The number of hydrogen-bond acceptors (Lipinski definition) is 9. The molecule has 2 saturated heterocycles. The van der Waals surface area contributed by atoms with Crippen LogP contribution in [-0.2, 0) is 22.9 Å². The first-order chi connectivity index (χ1) is 20.7. The number of allylic oxidation sites excluding steroid dienone is 1. The zero-order valence-corrected chi connectivity index (χ0v) is 24.0. The third kappa shape index (κ3) is 5.78. The average Bonchev–Trinajstić information content (AvgIpc) is 3.69. The molecular weight excluding hydrogens is 528 g/mol. The van der Waals surface area contributed by atoms with Gasteiger partial charge in [0, 0.05) is 81.5 Å². The van der Waals surface area contributed by atoms with Gasteiger partial charge in [0.2, 0.25) is 5.95 Å². The summed E-state index contributed by atoms with van der Waals surface area (Å²) in [6.45, 7) is 7.47. The number of benzene rings is 2. The molecule has 216 valence electrons. The summed E-state index contributed by atoms with van der Waals surface area (Å²) in [7, 11) is 2.02. The van der Waals surface area contributed by atoms with Crippen LogP contribution in [-0.4, -0.2) is 89.5 Å². The minimum absolute atomic E-state index is 0.671. The molecule has 0 spiro atoms. The fraction of sp³-hybridized carbons (Fsp3) is 0.375. The van der Waals surface area contributed by atoms with Crippen molar-refractivity contribution in [3.63, 3.8) is 0 Å². The van der Waals surface area contributed by atoms with Crippen molar-refractivity contribution in [3.05, 3.63) is 72.1 Å². The van der Waals surface area contributed by atoms with Crippen LogP contribution in [0.3, 0.4) is 0 Å². The maximum Gasteiger partial charge on any atom is 0.228 e. The van der Waals surface area contributed by atoms with E-state index in [9.17, 15) is 0 Å². The second kappa shape index (κ2) is 12.0. The molecule has 2 aromatic heterocycles. The van der Waals surface area contributed by atoms with Crippen molar-refractivity contribution in [3.8, 4) is 11.3 Å². The molecule has 2 fully saturated rings. The minimum Gasteiger partial charge on any atom is -0.379 e. The first kappa shape index (κ1) is 26.8. The van der Waals surface area contributed by atoms with Crippen LogP contribution >= 0.6 is 0 Å². The van der Waals surface area contributed by atoms with E-state index >= 15 is 0 Å². The summed E-state index contributed by atoms with van der Waals surface area (Å²) in [6.07, 6.45) is 5.74. The van der Waals surface area contributed by atoms with E-state index in [2.05, 4.69) is 68.6 Å². The second-order valence-corrected chi connectivity index (χ2v) is 10.9. The van der Waals surface area contributed by atoms with Crippen LogP contribution in [0.1, 0.15) is 17.7 Å². The van der Waals surface area contributed by atoms with E-state index in [-0.39, 0.29) is 0 Å². The number of anilines is 3. The summed E-state index contributed by atoms with van der Waals surface area (Å²) in [5, 5.41) is 9.60. The topological polar surface area (TPSA) is 92.9 Å². The highest BCUT2D eigenvalue weighted by Gasteiger charge is 2.19. The Bertz CT molecular complexity index is 1620. The first-order valence-corrected chi connectivity index (χ1v) is 14.8. The Hall–Kier alpha value is -4.12. The van der Waals surface area contributed by atoms with Crippen LogP contribution in [0.25, 0.3) is 22.2 Å². The van der Waals surface area contributed by atoms with Gasteiger partial charge >= 0.3 is 0 Å². The Balaban J connectivity index is 1.17. The Morgan fingerprint density at radius 1 is 0.857 bits per heavy atom. The lowest BCUT2D eigenvalue weighted by molar-refractivity contribution is 0.0383. The van der Waals surface area contributed by atoms with Crippen LogP contribution < -0.4 is 10.2 Å². The normalized spacial score (nSPS) is 17.6. The van der Waals surface area contributed by atoms with Gasteiger partial charge in [0.25, 0.3) is 0 Å². The summed E-state index contributed by atoms with van der Waals surface area (Å²) in [5.74, 6) is 1.46. The second-order valence-electron chi connectivity index (χ2n) is 10.9. The highest BCUT2D eigenvalue weighted by atomic mass is 16.5. The number of morpholine rings is 2. The van der Waals surface area contributed by atoms with Crippen LogP contribution in [0.15, 0.2) is 65.8 Å². The summed E-state index contributed by atoms with van der Waals surface area (Å²) in [5.41, 5.74) is 7.34. The lowest BCUT2D eigenvalue weighted by Crippen LogP contribution is -2.37. The van der Waals surface area contributed by atoms with Gasteiger partial charge in [-0.1, -0.05) is 30.3 Å². The van der Waals surface area contributed by atoms with Crippen molar-refractivity contribution in [1.29, 1.82) is 0 Å². The molecule has 4 aromatic rings. The van der Waals surface area contributed by atoms with Gasteiger partial charge in [0.05, 0.1) is 49.0 Å². The quantitative estimate of drug-likeness (QED) is 0.341. The summed E-state index contributed by atoms with van der Waals surface area (Å²) >= 11 is 0. The molecule has 0 saturated carbocycles. The van der Waals surface area contributed by atoms with E-state index < -0.39 is 0 Å². The van der Waals surface area contributed by atoms with Gasteiger partial charge in [-0.3, -0.25) is 14.6 Å². The van der Waals surface area contributed by atoms with Gasteiger partial charge < -0.3 is 19.7 Å². The van der Waals surface area contributed by atoms with Crippen LogP contribution in [0.5, 0.6) is 0 Å². The zero-order valence-electron chi connectivity index (χ0n) is 24.0. The van der Waals surface area contributed by atoms with E-state index in [1.54, 1.807) is 0 Å². The molecule has 0 amide bonds. The van der Waals surface area contributed by atoms with Crippen molar-refractivity contribution in [2.24, 2.45) is 12.0 Å². The summed E-state index contributed by atoms with van der Waals surface area (Å²) in [4.78, 5) is 19.0. The Morgan fingerprint density at radius 3 is 2.38 bits per heavy atom. The third-order valence-corrected chi connectivity index (χ3v) is 8.14. The molecule has 0 bridgehead atoms. The molecule has 0 aliphatic carbocycles. The minimum atomic E-state index is 0.671. The van der Waals surface area contributed by atoms with E-state index in [0.717, 1.165) is 104 Å². The van der Waals surface area contributed by atoms with Crippen molar-refractivity contribution < 1.29 is 9.47 Å². The maximum atomic E-state index is 5.59. The lowest BCUT2D eigenvalue weighted by atomic mass is 10.1. The molecule has 42 heavy (non-hydrogen) atoms. The van der Waals surface area contributed by atoms with Crippen molar-refractivity contribution >= 4 is 34.1 Å². The molecule has 10 heteroatoms. The van der Waals surface area contributed by atoms with Crippen LogP contribution in [0.4, 0.5) is 17.5 Å². The van der Waals surface area contributed by atoms with E-state index in [0.29, 0.717) is 19.2 Å². The van der Waals surface area contributed by atoms with E-state index in [1.165, 1.54) is 5.39 Å². The Kier molecular flexibility index (Phi) is 7.65. The predicted molar refractivity (Wildman–Crippen MR) is 166 cm³/mol. The van der Waals surface area contributed by atoms with Gasteiger partial charge in [0.15, 0.2) is 0 Å². The molecule has 10 nitrogen and oxygen atoms in total. The number of aromatic nitrogens is 4. The zero-order chi connectivity index (χ0) is 28.3. The highest BCUT2D eigenvalue weighted by molar-refractivity contribution is 6.03. The van der Waals surface area contributed by atoms with E-state index in [1.807, 2.05) is 24.0 Å². The monoisotopic (exact) mass is 564 g/mol. The van der Waals surface area contributed by atoms with Crippen molar-refractivity contribution in [1.82, 2.24) is 24.6 Å². The summed E-state index contributed by atoms with van der Waals surface area (Å²) in [6, 6.07) is 16.9. The number of hydrogen-bond donors (Lipinski definition) is 1. The molecular formula is C32H36N8O2. The fourth-order valence-corrected chi connectivity index (χ4v) is 5.76.